The zero-order valence-electron chi connectivity index (χ0n) is 9.45. The number of nitrogens with one attached hydrogen (secondary N) is 1. The molecule has 1 saturated carbocycles. The first kappa shape index (κ1) is 12.8. The van der Waals surface area contributed by atoms with Gasteiger partial charge in [0.25, 0.3) is 0 Å². The molecule has 0 aromatic carbocycles. The minimum absolute atomic E-state index is 0.00150. The Kier molecular flexibility index (Phi) is 4.04. The van der Waals surface area contributed by atoms with Gasteiger partial charge in [-0.2, -0.15) is 13.2 Å². The predicted octanol–water partition coefficient (Wildman–Crippen LogP) is 3.50. The van der Waals surface area contributed by atoms with Crippen LogP contribution in [0.15, 0.2) is 0 Å². The summed E-state index contributed by atoms with van der Waals surface area (Å²) >= 11 is 0. The van der Waals surface area contributed by atoms with E-state index in [0.29, 0.717) is 0 Å². The van der Waals surface area contributed by atoms with Crippen molar-refractivity contribution in [3.63, 3.8) is 0 Å². The molecule has 0 radical (unpaired) electrons. The molecule has 0 bridgehead atoms. The summed E-state index contributed by atoms with van der Waals surface area (Å²) in [6.07, 6.45) is -0.0806. The van der Waals surface area contributed by atoms with Crippen LogP contribution in [0.3, 0.4) is 0 Å². The van der Waals surface area contributed by atoms with Gasteiger partial charge in [-0.3, -0.25) is 0 Å². The summed E-state index contributed by atoms with van der Waals surface area (Å²) in [6.45, 7) is 2.11. The van der Waals surface area contributed by atoms with E-state index in [1.165, 1.54) is 0 Å². The topological polar surface area (TPSA) is 12.0 Å². The van der Waals surface area contributed by atoms with Crippen LogP contribution < -0.4 is 5.32 Å². The SMILES string of the molecule is CNC(CCC(F)(F)F)C1(C)CCCC1. The van der Waals surface area contributed by atoms with Crippen molar-refractivity contribution in [2.45, 2.75) is 57.7 Å². The molecule has 0 heterocycles. The van der Waals surface area contributed by atoms with Crippen LogP contribution in [-0.2, 0) is 0 Å². The molecule has 0 aliphatic heterocycles. The molecule has 0 aromatic heterocycles. The van der Waals surface area contributed by atoms with Crippen molar-refractivity contribution in [3.8, 4) is 0 Å². The number of halogens is 3. The lowest BCUT2D eigenvalue weighted by atomic mass is 9.78. The molecule has 0 spiro atoms. The highest BCUT2D eigenvalue weighted by Crippen LogP contribution is 2.42. The summed E-state index contributed by atoms with van der Waals surface area (Å²) in [7, 11) is 1.77. The minimum atomic E-state index is -4.02. The first-order valence-corrected chi connectivity index (χ1v) is 5.61. The van der Waals surface area contributed by atoms with Crippen molar-refractivity contribution in [2.24, 2.45) is 5.41 Å². The minimum Gasteiger partial charge on any atom is -0.316 e. The molecular weight excluding hydrogens is 203 g/mol. The van der Waals surface area contributed by atoms with Crippen molar-refractivity contribution in [2.75, 3.05) is 7.05 Å². The lowest BCUT2D eigenvalue weighted by Crippen LogP contribution is -2.40. The molecule has 90 valence electrons. The Bertz CT molecular complexity index is 194. The predicted molar refractivity (Wildman–Crippen MR) is 54.7 cm³/mol. The molecule has 1 aliphatic rings. The molecule has 0 saturated heterocycles. The zero-order chi connectivity index (χ0) is 11.5. The maximum absolute atomic E-state index is 12.1. The second-order valence-electron chi connectivity index (χ2n) is 4.86. The zero-order valence-corrected chi connectivity index (χ0v) is 9.45. The third kappa shape index (κ3) is 3.67. The van der Waals surface area contributed by atoms with Crippen molar-refractivity contribution in [1.29, 1.82) is 0 Å². The highest BCUT2D eigenvalue weighted by atomic mass is 19.4. The second-order valence-corrected chi connectivity index (χ2v) is 4.86. The lowest BCUT2D eigenvalue weighted by Gasteiger charge is -2.34. The van der Waals surface area contributed by atoms with E-state index >= 15 is 0 Å². The van der Waals surface area contributed by atoms with Crippen molar-refractivity contribution >= 4 is 0 Å². The summed E-state index contributed by atoms with van der Waals surface area (Å²) in [5.41, 5.74) is 0.0694. The molecule has 1 nitrogen and oxygen atoms in total. The molecule has 0 amide bonds. The Morgan fingerprint density at radius 3 is 2.20 bits per heavy atom. The Hall–Kier alpha value is -0.250. The number of rotatable bonds is 4. The molecular formula is C11H20F3N. The van der Waals surface area contributed by atoms with Gasteiger partial charge < -0.3 is 5.32 Å². The Morgan fingerprint density at radius 2 is 1.80 bits per heavy atom. The molecule has 1 N–H and O–H groups in total. The first-order chi connectivity index (χ1) is 6.87. The van der Waals surface area contributed by atoms with E-state index in [2.05, 4.69) is 12.2 Å². The van der Waals surface area contributed by atoms with Crippen molar-refractivity contribution < 1.29 is 13.2 Å². The number of hydrogen-bond acceptors (Lipinski definition) is 1. The summed E-state index contributed by atoms with van der Waals surface area (Å²) in [5.74, 6) is 0. The summed E-state index contributed by atoms with van der Waals surface area (Å²) in [4.78, 5) is 0. The second kappa shape index (κ2) is 4.73. The molecule has 1 fully saturated rings. The smallest absolute Gasteiger partial charge is 0.316 e. The maximum atomic E-state index is 12.1. The van der Waals surface area contributed by atoms with Crippen LogP contribution in [0.1, 0.15) is 45.4 Å². The van der Waals surface area contributed by atoms with Gasteiger partial charge in [0.05, 0.1) is 0 Å². The van der Waals surface area contributed by atoms with E-state index in [4.69, 9.17) is 0 Å². The molecule has 1 unspecified atom stereocenters. The van der Waals surface area contributed by atoms with Gasteiger partial charge in [-0.05, 0) is 31.7 Å². The first-order valence-electron chi connectivity index (χ1n) is 5.61. The lowest BCUT2D eigenvalue weighted by molar-refractivity contribution is -0.138. The average molecular weight is 223 g/mol. The Balaban J connectivity index is 2.48. The highest BCUT2D eigenvalue weighted by Gasteiger charge is 2.38. The molecule has 15 heavy (non-hydrogen) atoms. The fourth-order valence-corrected chi connectivity index (χ4v) is 2.68. The summed E-state index contributed by atoms with van der Waals surface area (Å²) < 4.78 is 36.4. The standard InChI is InChI=1S/C11H20F3N/c1-10(6-3-4-7-10)9(15-2)5-8-11(12,13)14/h9,15H,3-8H2,1-2H3. The van der Waals surface area contributed by atoms with E-state index in [1.807, 2.05) is 0 Å². The van der Waals surface area contributed by atoms with Crippen LogP contribution in [-0.4, -0.2) is 19.3 Å². The van der Waals surface area contributed by atoms with Gasteiger partial charge in [-0.1, -0.05) is 19.8 Å². The van der Waals surface area contributed by atoms with Crippen LogP contribution in [0, 0.1) is 5.41 Å². The maximum Gasteiger partial charge on any atom is 0.389 e. The van der Waals surface area contributed by atoms with Gasteiger partial charge in [-0.25, -0.2) is 0 Å². The van der Waals surface area contributed by atoms with Crippen LogP contribution in [0.5, 0.6) is 0 Å². The van der Waals surface area contributed by atoms with Crippen molar-refractivity contribution in [1.82, 2.24) is 5.32 Å². The average Bonchev–Trinajstić information content (AvgIpc) is 2.52. The highest BCUT2D eigenvalue weighted by molar-refractivity contribution is 4.91. The molecule has 4 heteroatoms. The molecule has 1 aliphatic carbocycles. The summed E-state index contributed by atoms with van der Waals surface area (Å²) in [6, 6.07) is 0.00150. The summed E-state index contributed by atoms with van der Waals surface area (Å²) in [5, 5.41) is 3.06. The van der Waals surface area contributed by atoms with Gasteiger partial charge in [0.2, 0.25) is 0 Å². The molecule has 1 atom stereocenters. The van der Waals surface area contributed by atoms with Crippen molar-refractivity contribution in [3.05, 3.63) is 0 Å². The van der Waals surface area contributed by atoms with Crippen LogP contribution >= 0.6 is 0 Å². The fourth-order valence-electron chi connectivity index (χ4n) is 2.68. The fraction of sp³-hybridized carbons (Fsp3) is 1.00. The van der Waals surface area contributed by atoms with Crippen LogP contribution in [0.25, 0.3) is 0 Å². The van der Waals surface area contributed by atoms with Gasteiger partial charge in [0.1, 0.15) is 0 Å². The van der Waals surface area contributed by atoms with Crippen LogP contribution in [0.4, 0.5) is 13.2 Å². The van der Waals surface area contributed by atoms with E-state index in [0.717, 1.165) is 25.7 Å². The largest absolute Gasteiger partial charge is 0.389 e. The van der Waals surface area contributed by atoms with Gasteiger partial charge in [-0.15, -0.1) is 0 Å². The Morgan fingerprint density at radius 1 is 1.27 bits per heavy atom. The van der Waals surface area contributed by atoms with E-state index in [1.54, 1.807) is 7.05 Å². The van der Waals surface area contributed by atoms with Gasteiger partial charge >= 0.3 is 6.18 Å². The van der Waals surface area contributed by atoms with Gasteiger partial charge in [0, 0.05) is 12.5 Å². The molecule has 1 rings (SSSR count). The monoisotopic (exact) mass is 223 g/mol. The quantitative estimate of drug-likeness (QED) is 0.769. The van der Waals surface area contributed by atoms with E-state index in [9.17, 15) is 13.2 Å². The van der Waals surface area contributed by atoms with Crippen LogP contribution in [0.2, 0.25) is 0 Å². The Labute approximate surface area is 89.4 Å². The molecule has 0 aromatic rings. The van der Waals surface area contributed by atoms with Gasteiger partial charge in [0.15, 0.2) is 0 Å². The van der Waals surface area contributed by atoms with E-state index in [-0.39, 0.29) is 17.9 Å². The normalized spacial score (nSPS) is 23.0. The third-order valence-corrected chi connectivity index (χ3v) is 3.65. The third-order valence-electron chi connectivity index (χ3n) is 3.65. The number of alkyl halides is 3. The number of hydrogen-bond donors (Lipinski definition) is 1. The van der Waals surface area contributed by atoms with E-state index < -0.39 is 12.6 Å².